The van der Waals surface area contributed by atoms with E-state index in [2.05, 4.69) is 0 Å². The minimum Gasteiger partial charge on any atom is -0.423 e. The fraction of sp³-hybridized carbons (Fsp3) is 0.300. The number of halogens is 3. The number of Topliss-reactive ketones (excluding diaryl/α,β-unsaturated/α-hetero) is 1. The van der Waals surface area contributed by atoms with Gasteiger partial charge in [0, 0.05) is 11.0 Å². The van der Waals surface area contributed by atoms with Crippen molar-refractivity contribution in [1.29, 1.82) is 0 Å². The highest BCUT2D eigenvalue weighted by Crippen LogP contribution is 2.33. The number of carbonyl (C=O) groups excluding carboxylic acids is 1. The average Bonchev–Trinajstić information content (AvgIpc) is 2.57. The van der Waals surface area contributed by atoms with Crippen LogP contribution in [-0.4, -0.2) is 17.9 Å². The van der Waals surface area contributed by atoms with E-state index in [0.717, 1.165) is 13.0 Å². The maximum atomic E-state index is 12.9. The zero-order chi connectivity index (χ0) is 12.8. The van der Waals surface area contributed by atoms with Crippen LogP contribution in [0, 0.1) is 0 Å². The summed E-state index contributed by atoms with van der Waals surface area (Å²) in [5.41, 5.74) is -1.62. The topological polar surface area (TPSA) is 46.5 Å². The lowest BCUT2D eigenvalue weighted by atomic mass is 9.74. The van der Waals surface area contributed by atoms with E-state index < -0.39 is 30.2 Å². The quantitative estimate of drug-likeness (QED) is 0.594. The first-order valence-electron chi connectivity index (χ1n) is 4.86. The molecule has 0 aliphatic carbocycles. The molecule has 0 amide bonds. The van der Waals surface area contributed by atoms with Crippen LogP contribution in [0.4, 0.5) is 13.2 Å². The maximum absolute atomic E-state index is 12.9. The maximum Gasteiger partial charge on any atom is 0.492 e. The molecule has 0 fully saturated rings. The van der Waals surface area contributed by atoms with Gasteiger partial charge in [0.2, 0.25) is 0 Å². The SMILES string of the molecule is CC(=O)c1ccc2c(c1C(F)(F)F)B(O)OC2. The Balaban J connectivity index is 2.75. The van der Waals surface area contributed by atoms with E-state index in [9.17, 15) is 23.0 Å². The molecule has 0 atom stereocenters. The highest BCUT2D eigenvalue weighted by atomic mass is 19.4. The van der Waals surface area contributed by atoms with Gasteiger partial charge in [-0.2, -0.15) is 13.2 Å². The van der Waals surface area contributed by atoms with Gasteiger partial charge in [-0.1, -0.05) is 12.1 Å². The molecule has 0 unspecified atom stereocenters. The van der Waals surface area contributed by atoms with Crippen molar-refractivity contribution in [2.24, 2.45) is 0 Å². The van der Waals surface area contributed by atoms with Crippen LogP contribution in [0.1, 0.15) is 28.4 Å². The van der Waals surface area contributed by atoms with E-state index in [0.29, 0.717) is 0 Å². The number of hydrogen-bond acceptors (Lipinski definition) is 3. The summed E-state index contributed by atoms with van der Waals surface area (Å²) in [6.45, 7) is 0.969. The lowest BCUT2D eigenvalue weighted by Crippen LogP contribution is -2.36. The number of rotatable bonds is 1. The molecule has 0 spiro atoms. The zero-order valence-corrected chi connectivity index (χ0v) is 8.84. The molecule has 7 heteroatoms. The van der Waals surface area contributed by atoms with E-state index >= 15 is 0 Å². The Morgan fingerprint density at radius 1 is 1.47 bits per heavy atom. The summed E-state index contributed by atoms with van der Waals surface area (Å²) in [5.74, 6) is -0.695. The minimum absolute atomic E-state index is 0.0856. The van der Waals surface area contributed by atoms with Crippen LogP contribution in [0.2, 0.25) is 0 Å². The van der Waals surface area contributed by atoms with Crippen molar-refractivity contribution in [3.05, 3.63) is 28.8 Å². The average molecular weight is 244 g/mol. The van der Waals surface area contributed by atoms with E-state index in [1.54, 1.807) is 0 Å². The molecule has 1 heterocycles. The molecule has 1 aromatic carbocycles. The first kappa shape index (κ1) is 12.1. The second kappa shape index (κ2) is 3.85. The number of alkyl halides is 3. The minimum atomic E-state index is -4.69. The molecule has 1 aliphatic heterocycles. The van der Waals surface area contributed by atoms with E-state index in [4.69, 9.17) is 4.65 Å². The highest BCUT2D eigenvalue weighted by Gasteiger charge is 2.43. The fourth-order valence-corrected chi connectivity index (χ4v) is 1.92. The molecule has 0 saturated heterocycles. The Morgan fingerprint density at radius 3 is 2.65 bits per heavy atom. The second-order valence-corrected chi connectivity index (χ2v) is 3.78. The van der Waals surface area contributed by atoms with Crippen molar-refractivity contribution in [3.63, 3.8) is 0 Å². The van der Waals surface area contributed by atoms with Crippen LogP contribution in [0.25, 0.3) is 0 Å². The molecular weight excluding hydrogens is 236 g/mol. The Bertz CT molecular complexity index is 484. The molecule has 1 N–H and O–H groups in total. The first-order valence-corrected chi connectivity index (χ1v) is 4.86. The van der Waals surface area contributed by atoms with Crippen molar-refractivity contribution >= 4 is 18.4 Å². The lowest BCUT2D eigenvalue weighted by Gasteiger charge is -2.15. The molecule has 1 aromatic rings. The van der Waals surface area contributed by atoms with Crippen molar-refractivity contribution in [1.82, 2.24) is 0 Å². The van der Waals surface area contributed by atoms with Gasteiger partial charge in [0.15, 0.2) is 5.78 Å². The summed E-state index contributed by atoms with van der Waals surface area (Å²) in [6, 6.07) is 2.49. The molecule has 3 nitrogen and oxygen atoms in total. The lowest BCUT2D eigenvalue weighted by molar-refractivity contribution is -0.137. The van der Waals surface area contributed by atoms with Gasteiger partial charge in [-0.05, 0) is 12.5 Å². The van der Waals surface area contributed by atoms with Gasteiger partial charge in [-0.3, -0.25) is 4.79 Å². The smallest absolute Gasteiger partial charge is 0.423 e. The Labute approximate surface area is 95.3 Å². The normalized spacial score (nSPS) is 15.0. The molecule has 0 bridgehead atoms. The molecule has 17 heavy (non-hydrogen) atoms. The van der Waals surface area contributed by atoms with Gasteiger partial charge in [0.1, 0.15) is 0 Å². The molecular formula is C10H8BF3O3. The van der Waals surface area contributed by atoms with Crippen LogP contribution in [-0.2, 0) is 17.4 Å². The van der Waals surface area contributed by atoms with Crippen LogP contribution in [0.15, 0.2) is 12.1 Å². The Hall–Kier alpha value is -1.34. The number of carbonyl (C=O) groups is 1. The van der Waals surface area contributed by atoms with Crippen LogP contribution in [0.3, 0.4) is 0 Å². The fourth-order valence-electron chi connectivity index (χ4n) is 1.92. The van der Waals surface area contributed by atoms with Gasteiger partial charge in [0.05, 0.1) is 12.2 Å². The van der Waals surface area contributed by atoms with Gasteiger partial charge in [-0.15, -0.1) is 0 Å². The van der Waals surface area contributed by atoms with E-state index in [1.807, 2.05) is 0 Å². The molecule has 90 valence electrons. The van der Waals surface area contributed by atoms with Crippen molar-refractivity contribution < 1.29 is 27.6 Å². The third kappa shape index (κ3) is 1.96. The molecule has 0 aromatic heterocycles. The highest BCUT2D eigenvalue weighted by molar-refractivity contribution is 6.62. The van der Waals surface area contributed by atoms with Crippen molar-refractivity contribution in [3.8, 4) is 0 Å². The monoisotopic (exact) mass is 244 g/mol. The van der Waals surface area contributed by atoms with Crippen molar-refractivity contribution in [2.45, 2.75) is 19.7 Å². The zero-order valence-electron chi connectivity index (χ0n) is 8.84. The molecule has 0 radical (unpaired) electrons. The van der Waals surface area contributed by atoms with Crippen LogP contribution < -0.4 is 5.46 Å². The van der Waals surface area contributed by atoms with Crippen LogP contribution in [0.5, 0.6) is 0 Å². The molecule has 1 aliphatic rings. The summed E-state index contributed by atoms with van der Waals surface area (Å²) in [5, 5.41) is 9.40. The number of hydrogen-bond donors (Lipinski definition) is 1. The van der Waals surface area contributed by atoms with Gasteiger partial charge in [0.25, 0.3) is 0 Å². The first-order chi connectivity index (χ1) is 7.82. The summed E-state index contributed by atoms with van der Waals surface area (Å²) in [6.07, 6.45) is -4.69. The molecule has 0 saturated carbocycles. The largest absolute Gasteiger partial charge is 0.492 e. The van der Waals surface area contributed by atoms with E-state index in [-0.39, 0.29) is 17.6 Å². The third-order valence-electron chi connectivity index (χ3n) is 2.64. The summed E-state index contributed by atoms with van der Waals surface area (Å²) < 4.78 is 43.5. The summed E-state index contributed by atoms with van der Waals surface area (Å²) >= 11 is 0. The second-order valence-electron chi connectivity index (χ2n) is 3.78. The predicted octanol–water partition coefficient (Wildman–Crippen LogP) is 1.13. The number of ketones is 1. The van der Waals surface area contributed by atoms with E-state index in [1.165, 1.54) is 6.07 Å². The van der Waals surface area contributed by atoms with Gasteiger partial charge < -0.3 is 9.68 Å². The van der Waals surface area contributed by atoms with Gasteiger partial charge >= 0.3 is 13.3 Å². The summed E-state index contributed by atoms with van der Waals surface area (Å²) in [7, 11) is -1.62. The molecule has 2 rings (SSSR count). The van der Waals surface area contributed by atoms with Crippen LogP contribution >= 0.6 is 0 Å². The number of fused-ring (bicyclic) bond motifs is 1. The van der Waals surface area contributed by atoms with Gasteiger partial charge in [-0.25, -0.2) is 0 Å². The standard InChI is InChI=1S/C10H8BF3O3/c1-5(15)7-3-2-6-4-17-11(16)9(6)8(7)10(12,13)14/h2-3,16H,4H2,1H3. The van der Waals surface area contributed by atoms with Crippen molar-refractivity contribution in [2.75, 3.05) is 0 Å². The Morgan fingerprint density at radius 2 is 2.12 bits per heavy atom. The summed E-state index contributed by atoms with van der Waals surface area (Å²) in [4.78, 5) is 11.2. The third-order valence-corrected chi connectivity index (χ3v) is 2.64. The Kier molecular flexibility index (Phi) is 2.75. The number of benzene rings is 1. The predicted molar refractivity (Wildman–Crippen MR) is 53.8 cm³/mol.